The summed E-state index contributed by atoms with van der Waals surface area (Å²) in [5.74, 6) is -0.0450. The lowest BCUT2D eigenvalue weighted by Crippen LogP contribution is -2.43. The van der Waals surface area contributed by atoms with Crippen molar-refractivity contribution in [3.8, 4) is 0 Å². The number of aromatic nitrogens is 2. The number of fused-ring (bicyclic) bond motifs is 1. The molecule has 0 spiro atoms. The Bertz CT molecular complexity index is 490. The summed E-state index contributed by atoms with van der Waals surface area (Å²) in [5, 5.41) is 13.4. The first-order chi connectivity index (χ1) is 10.6. The van der Waals surface area contributed by atoms with E-state index in [9.17, 15) is 9.90 Å². The number of carbonyl (C=O) groups is 1. The molecule has 0 bridgehead atoms. The highest BCUT2D eigenvalue weighted by Crippen LogP contribution is 2.20. The first kappa shape index (κ1) is 17.0. The first-order valence-corrected chi connectivity index (χ1v) is 8.60. The Balaban J connectivity index is 1.88. The quantitative estimate of drug-likeness (QED) is 0.774. The maximum atomic E-state index is 12.2. The van der Waals surface area contributed by atoms with Gasteiger partial charge in [0.05, 0.1) is 17.6 Å². The van der Waals surface area contributed by atoms with E-state index in [0.29, 0.717) is 13.1 Å². The second kappa shape index (κ2) is 7.77. The van der Waals surface area contributed by atoms with Gasteiger partial charge in [-0.05, 0) is 38.5 Å². The average Bonchev–Trinajstić information content (AvgIpc) is 2.89. The van der Waals surface area contributed by atoms with Crippen molar-refractivity contribution in [3.63, 3.8) is 0 Å². The number of rotatable bonds is 8. The molecule has 2 N–H and O–H groups in total. The van der Waals surface area contributed by atoms with Gasteiger partial charge in [-0.3, -0.25) is 4.79 Å². The third-order valence-corrected chi connectivity index (χ3v) is 4.47. The summed E-state index contributed by atoms with van der Waals surface area (Å²) < 4.78 is 1.96. The molecule has 0 unspecified atom stereocenters. The Hall–Kier alpha value is -1.36. The molecule has 0 atom stereocenters. The molecule has 1 aliphatic rings. The van der Waals surface area contributed by atoms with Gasteiger partial charge in [-0.25, -0.2) is 4.98 Å². The number of nitrogens with zero attached hydrogens (tertiary/aromatic N) is 2. The van der Waals surface area contributed by atoms with E-state index in [0.717, 1.165) is 44.2 Å². The van der Waals surface area contributed by atoms with Gasteiger partial charge in [0.2, 0.25) is 5.91 Å². The van der Waals surface area contributed by atoms with Gasteiger partial charge in [0.15, 0.2) is 0 Å². The van der Waals surface area contributed by atoms with Crippen LogP contribution >= 0.6 is 0 Å². The van der Waals surface area contributed by atoms with Gasteiger partial charge < -0.3 is 15.0 Å². The zero-order chi connectivity index (χ0) is 16.0. The van der Waals surface area contributed by atoms with Crippen LogP contribution in [0.2, 0.25) is 0 Å². The van der Waals surface area contributed by atoms with Gasteiger partial charge in [0, 0.05) is 12.2 Å². The lowest BCUT2D eigenvalue weighted by Gasteiger charge is -2.27. The highest BCUT2D eigenvalue weighted by Gasteiger charge is 2.25. The number of amides is 1. The highest BCUT2D eigenvalue weighted by molar-refractivity contribution is 5.75. The Labute approximate surface area is 133 Å². The van der Waals surface area contributed by atoms with Crippen LogP contribution in [0.15, 0.2) is 6.33 Å². The van der Waals surface area contributed by atoms with E-state index < -0.39 is 5.60 Å². The van der Waals surface area contributed by atoms with Gasteiger partial charge in [0.25, 0.3) is 0 Å². The summed E-state index contributed by atoms with van der Waals surface area (Å²) in [5.41, 5.74) is 1.58. The molecule has 5 heteroatoms. The van der Waals surface area contributed by atoms with Gasteiger partial charge in [-0.2, -0.15) is 0 Å². The van der Waals surface area contributed by atoms with Crippen LogP contribution in [0.25, 0.3) is 0 Å². The number of hydrogen-bond acceptors (Lipinski definition) is 3. The molecule has 0 fully saturated rings. The summed E-state index contributed by atoms with van der Waals surface area (Å²) in [7, 11) is 0. The molecule has 0 saturated heterocycles. The van der Waals surface area contributed by atoms with Crippen molar-refractivity contribution in [1.29, 1.82) is 0 Å². The van der Waals surface area contributed by atoms with Crippen molar-refractivity contribution in [2.24, 2.45) is 0 Å². The summed E-state index contributed by atoms with van der Waals surface area (Å²) in [4.78, 5) is 16.6. The van der Waals surface area contributed by atoms with Crippen LogP contribution in [0, 0.1) is 0 Å². The molecule has 1 aromatic rings. The largest absolute Gasteiger partial charge is 0.388 e. The Morgan fingerprint density at radius 1 is 1.32 bits per heavy atom. The van der Waals surface area contributed by atoms with Crippen LogP contribution in [0.3, 0.4) is 0 Å². The second-order valence-electron chi connectivity index (χ2n) is 6.47. The summed E-state index contributed by atoms with van der Waals surface area (Å²) in [6, 6.07) is 0. The fraction of sp³-hybridized carbons (Fsp3) is 0.765. The maximum absolute atomic E-state index is 12.2. The zero-order valence-corrected chi connectivity index (χ0v) is 13.9. The summed E-state index contributed by atoms with van der Waals surface area (Å²) in [6.45, 7) is 4.75. The summed E-state index contributed by atoms with van der Waals surface area (Å²) in [6.07, 6.45) is 9.46. The van der Waals surface area contributed by atoms with E-state index in [-0.39, 0.29) is 5.91 Å². The van der Waals surface area contributed by atoms with E-state index in [1.807, 2.05) is 4.57 Å². The van der Waals surface area contributed by atoms with E-state index in [1.165, 1.54) is 18.5 Å². The van der Waals surface area contributed by atoms with Crippen LogP contribution in [0.1, 0.15) is 63.8 Å². The molecule has 1 aliphatic carbocycles. The molecule has 0 aromatic carbocycles. The van der Waals surface area contributed by atoms with Crippen LogP contribution in [-0.2, 0) is 24.2 Å². The number of hydrogen-bond donors (Lipinski definition) is 2. The van der Waals surface area contributed by atoms with E-state index in [1.54, 1.807) is 6.33 Å². The monoisotopic (exact) mass is 307 g/mol. The molecule has 0 aliphatic heterocycles. The third kappa shape index (κ3) is 4.32. The predicted octanol–water partition coefficient (Wildman–Crippen LogP) is 2.21. The van der Waals surface area contributed by atoms with E-state index in [4.69, 9.17) is 0 Å². The third-order valence-electron chi connectivity index (χ3n) is 4.47. The molecule has 0 saturated carbocycles. The number of imidazole rings is 1. The SMILES string of the molecule is CCCC(O)(CCC)CNC(=O)Cn1cnc2c1CCCC2. The minimum Gasteiger partial charge on any atom is -0.388 e. The molecule has 2 rings (SSSR count). The normalized spacial score (nSPS) is 14.7. The van der Waals surface area contributed by atoms with Gasteiger partial charge >= 0.3 is 0 Å². The number of aryl methyl sites for hydroxylation is 1. The molecule has 1 heterocycles. The van der Waals surface area contributed by atoms with Crippen molar-refractivity contribution in [2.45, 2.75) is 77.4 Å². The zero-order valence-electron chi connectivity index (χ0n) is 13.9. The van der Waals surface area contributed by atoms with Crippen LogP contribution in [0.5, 0.6) is 0 Å². The van der Waals surface area contributed by atoms with Crippen molar-refractivity contribution in [2.75, 3.05) is 6.54 Å². The predicted molar refractivity (Wildman–Crippen MR) is 86.6 cm³/mol. The molecular weight excluding hydrogens is 278 g/mol. The lowest BCUT2D eigenvalue weighted by molar-refractivity contribution is -0.123. The minimum absolute atomic E-state index is 0.0450. The number of nitrogens with one attached hydrogen (secondary N) is 1. The molecule has 1 aromatic heterocycles. The van der Waals surface area contributed by atoms with Crippen LogP contribution < -0.4 is 5.32 Å². The standard InChI is InChI=1S/C17H29N3O2/c1-3-9-17(22,10-4-2)12-18-16(21)11-20-13-19-14-7-5-6-8-15(14)20/h13,22H,3-12H2,1-2H3,(H,18,21). The number of carbonyl (C=O) groups excluding carboxylic acids is 1. The number of aliphatic hydroxyl groups is 1. The maximum Gasteiger partial charge on any atom is 0.240 e. The average molecular weight is 307 g/mol. The topological polar surface area (TPSA) is 67.2 Å². The van der Waals surface area contributed by atoms with Gasteiger partial charge in [0.1, 0.15) is 6.54 Å². The van der Waals surface area contributed by atoms with Crippen molar-refractivity contribution in [3.05, 3.63) is 17.7 Å². The molecular formula is C17H29N3O2. The van der Waals surface area contributed by atoms with Crippen molar-refractivity contribution in [1.82, 2.24) is 14.9 Å². The van der Waals surface area contributed by atoms with E-state index >= 15 is 0 Å². The Morgan fingerprint density at radius 3 is 2.68 bits per heavy atom. The molecule has 124 valence electrons. The van der Waals surface area contributed by atoms with Crippen LogP contribution in [-0.4, -0.2) is 32.7 Å². The van der Waals surface area contributed by atoms with E-state index in [2.05, 4.69) is 24.1 Å². The molecule has 0 radical (unpaired) electrons. The Kier molecular flexibility index (Phi) is 6.00. The Morgan fingerprint density at radius 2 is 2.00 bits per heavy atom. The minimum atomic E-state index is -0.770. The van der Waals surface area contributed by atoms with Gasteiger partial charge in [-0.15, -0.1) is 0 Å². The van der Waals surface area contributed by atoms with Crippen molar-refractivity contribution >= 4 is 5.91 Å². The lowest BCUT2D eigenvalue weighted by atomic mass is 9.92. The summed E-state index contributed by atoms with van der Waals surface area (Å²) >= 11 is 0. The smallest absolute Gasteiger partial charge is 0.240 e. The second-order valence-corrected chi connectivity index (χ2v) is 6.47. The molecule has 22 heavy (non-hydrogen) atoms. The van der Waals surface area contributed by atoms with Gasteiger partial charge in [-0.1, -0.05) is 26.7 Å². The van der Waals surface area contributed by atoms with Crippen LogP contribution in [0.4, 0.5) is 0 Å². The highest BCUT2D eigenvalue weighted by atomic mass is 16.3. The fourth-order valence-electron chi connectivity index (χ4n) is 3.37. The van der Waals surface area contributed by atoms with Crippen molar-refractivity contribution < 1.29 is 9.90 Å². The first-order valence-electron chi connectivity index (χ1n) is 8.60. The fourth-order valence-corrected chi connectivity index (χ4v) is 3.37. The molecule has 1 amide bonds. The molecule has 5 nitrogen and oxygen atoms in total.